The van der Waals surface area contributed by atoms with Gasteiger partial charge in [0.1, 0.15) is 5.76 Å². The van der Waals surface area contributed by atoms with Crippen molar-refractivity contribution in [2.45, 2.75) is 57.5 Å². The van der Waals surface area contributed by atoms with E-state index in [1.165, 1.54) is 44.9 Å². The summed E-state index contributed by atoms with van der Waals surface area (Å²) in [6, 6.07) is 4.70. The Bertz CT molecular complexity index is 253. The summed E-state index contributed by atoms with van der Waals surface area (Å²) in [4.78, 5) is 0. The minimum absolute atomic E-state index is 0. The van der Waals surface area contributed by atoms with Crippen molar-refractivity contribution >= 4 is 12.4 Å². The monoisotopic (exact) mass is 243 g/mol. The summed E-state index contributed by atoms with van der Waals surface area (Å²) in [5.74, 6) is 1.05. The molecule has 0 unspecified atom stereocenters. The summed E-state index contributed by atoms with van der Waals surface area (Å²) in [5.41, 5.74) is 0. The van der Waals surface area contributed by atoms with Crippen molar-refractivity contribution in [1.29, 1.82) is 0 Å². The molecule has 92 valence electrons. The molecule has 1 heterocycles. The minimum Gasteiger partial charge on any atom is -0.468 e. The molecule has 0 bridgehead atoms. The van der Waals surface area contributed by atoms with E-state index in [1.807, 2.05) is 12.1 Å². The fraction of sp³-hybridized carbons (Fsp3) is 0.692. The number of furan rings is 1. The van der Waals surface area contributed by atoms with Gasteiger partial charge >= 0.3 is 0 Å². The highest BCUT2D eigenvalue weighted by molar-refractivity contribution is 5.85. The van der Waals surface area contributed by atoms with Gasteiger partial charge in [-0.25, -0.2) is 0 Å². The third-order valence-electron chi connectivity index (χ3n) is 3.25. The van der Waals surface area contributed by atoms with Gasteiger partial charge in [0.05, 0.1) is 12.8 Å². The molecule has 0 atom stereocenters. The second-order valence-corrected chi connectivity index (χ2v) is 4.50. The number of nitrogens with one attached hydrogen (secondary N) is 1. The zero-order valence-corrected chi connectivity index (χ0v) is 10.6. The molecule has 1 aliphatic rings. The average Bonchev–Trinajstić information content (AvgIpc) is 2.68. The van der Waals surface area contributed by atoms with Gasteiger partial charge in [-0.05, 0) is 25.0 Å². The van der Waals surface area contributed by atoms with Gasteiger partial charge in [0.2, 0.25) is 0 Å². The molecule has 0 aliphatic heterocycles. The first-order chi connectivity index (χ1) is 7.45. The number of hydrogen-bond donors (Lipinski definition) is 1. The Morgan fingerprint density at radius 2 is 1.81 bits per heavy atom. The molecular formula is C13H22ClNO. The lowest BCUT2D eigenvalue weighted by atomic mass is 9.97. The number of hydrogen-bond acceptors (Lipinski definition) is 2. The normalized spacial score (nSPS) is 18.5. The summed E-state index contributed by atoms with van der Waals surface area (Å²) in [7, 11) is 0. The van der Waals surface area contributed by atoms with Gasteiger partial charge in [-0.2, -0.15) is 0 Å². The molecule has 1 N–H and O–H groups in total. The molecule has 2 nitrogen and oxygen atoms in total. The Hall–Kier alpha value is -0.470. The first kappa shape index (κ1) is 13.6. The Morgan fingerprint density at radius 3 is 2.44 bits per heavy atom. The molecule has 1 aromatic heterocycles. The summed E-state index contributed by atoms with van der Waals surface area (Å²) in [6.07, 6.45) is 11.4. The second kappa shape index (κ2) is 7.75. The Kier molecular flexibility index (Phi) is 6.58. The van der Waals surface area contributed by atoms with Crippen LogP contribution in [0, 0.1) is 0 Å². The predicted octanol–water partition coefficient (Wildman–Crippen LogP) is 3.90. The third-order valence-corrected chi connectivity index (χ3v) is 3.25. The van der Waals surface area contributed by atoms with Gasteiger partial charge in [0.15, 0.2) is 0 Å². The smallest absolute Gasteiger partial charge is 0.117 e. The van der Waals surface area contributed by atoms with Gasteiger partial charge in [0.25, 0.3) is 0 Å². The van der Waals surface area contributed by atoms with Crippen LogP contribution in [0.3, 0.4) is 0 Å². The first-order valence-corrected chi connectivity index (χ1v) is 6.21. The van der Waals surface area contributed by atoms with Gasteiger partial charge in [0, 0.05) is 6.04 Å². The van der Waals surface area contributed by atoms with E-state index in [0.29, 0.717) is 6.04 Å². The predicted molar refractivity (Wildman–Crippen MR) is 68.9 cm³/mol. The fourth-order valence-corrected chi connectivity index (χ4v) is 2.32. The van der Waals surface area contributed by atoms with E-state index in [4.69, 9.17) is 4.42 Å². The van der Waals surface area contributed by atoms with E-state index in [-0.39, 0.29) is 12.4 Å². The largest absolute Gasteiger partial charge is 0.468 e. The Labute approximate surface area is 104 Å². The molecule has 3 heteroatoms. The molecule has 1 aliphatic carbocycles. The molecule has 0 spiro atoms. The maximum atomic E-state index is 5.32. The highest BCUT2D eigenvalue weighted by atomic mass is 35.5. The molecule has 0 radical (unpaired) electrons. The summed E-state index contributed by atoms with van der Waals surface area (Å²) in [5, 5.41) is 3.60. The van der Waals surface area contributed by atoms with E-state index in [9.17, 15) is 0 Å². The lowest BCUT2D eigenvalue weighted by Crippen LogP contribution is -2.29. The lowest BCUT2D eigenvalue weighted by Gasteiger charge is -2.20. The summed E-state index contributed by atoms with van der Waals surface area (Å²) < 4.78 is 5.32. The summed E-state index contributed by atoms with van der Waals surface area (Å²) >= 11 is 0. The van der Waals surface area contributed by atoms with Crippen LogP contribution >= 0.6 is 12.4 Å². The highest BCUT2D eigenvalue weighted by Crippen LogP contribution is 2.17. The average molecular weight is 244 g/mol. The van der Waals surface area contributed by atoms with Gasteiger partial charge in [-0.15, -0.1) is 12.4 Å². The van der Waals surface area contributed by atoms with Crippen LogP contribution in [0.4, 0.5) is 0 Å². The van der Waals surface area contributed by atoms with Crippen LogP contribution in [0.15, 0.2) is 22.8 Å². The van der Waals surface area contributed by atoms with Crippen LogP contribution in [-0.2, 0) is 6.54 Å². The van der Waals surface area contributed by atoms with Crippen molar-refractivity contribution in [2.24, 2.45) is 0 Å². The first-order valence-electron chi connectivity index (χ1n) is 6.21. The van der Waals surface area contributed by atoms with E-state index in [0.717, 1.165) is 12.3 Å². The molecule has 1 fully saturated rings. The standard InChI is InChI=1S/C13H21NO.ClH/c1-2-4-7-12(8-5-3-1)14-11-13-9-6-10-15-13;/h6,9-10,12,14H,1-5,7-8,11H2;1H. The van der Waals surface area contributed by atoms with E-state index >= 15 is 0 Å². The molecular weight excluding hydrogens is 222 g/mol. The molecule has 16 heavy (non-hydrogen) atoms. The Balaban J connectivity index is 0.00000128. The van der Waals surface area contributed by atoms with Crippen LogP contribution in [0.2, 0.25) is 0 Å². The van der Waals surface area contributed by atoms with Crippen LogP contribution in [-0.4, -0.2) is 6.04 Å². The molecule has 0 saturated heterocycles. The maximum absolute atomic E-state index is 5.32. The van der Waals surface area contributed by atoms with Crippen molar-refractivity contribution in [2.75, 3.05) is 0 Å². The van der Waals surface area contributed by atoms with Crippen LogP contribution in [0.1, 0.15) is 50.7 Å². The second-order valence-electron chi connectivity index (χ2n) is 4.50. The number of rotatable bonds is 3. The lowest BCUT2D eigenvalue weighted by molar-refractivity contribution is 0.371. The van der Waals surface area contributed by atoms with E-state index in [1.54, 1.807) is 6.26 Å². The molecule has 1 aromatic rings. The van der Waals surface area contributed by atoms with Crippen molar-refractivity contribution in [1.82, 2.24) is 5.32 Å². The van der Waals surface area contributed by atoms with E-state index < -0.39 is 0 Å². The summed E-state index contributed by atoms with van der Waals surface area (Å²) in [6.45, 7) is 0.887. The quantitative estimate of drug-likeness (QED) is 0.871. The third kappa shape index (κ3) is 4.58. The topological polar surface area (TPSA) is 25.2 Å². The molecule has 0 aromatic carbocycles. The van der Waals surface area contributed by atoms with Crippen molar-refractivity contribution < 1.29 is 4.42 Å². The van der Waals surface area contributed by atoms with Gasteiger partial charge < -0.3 is 9.73 Å². The maximum Gasteiger partial charge on any atom is 0.117 e. The molecule has 2 rings (SSSR count). The van der Waals surface area contributed by atoms with Crippen molar-refractivity contribution in [3.63, 3.8) is 0 Å². The van der Waals surface area contributed by atoms with Gasteiger partial charge in [-0.1, -0.05) is 32.1 Å². The number of halogens is 1. The van der Waals surface area contributed by atoms with Crippen molar-refractivity contribution in [3.05, 3.63) is 24.2 Å². The van der Waals surface area contributed by atoms with E-state index in [2.05, 4.69) is 5.32 Å². The zero-order valence-electron chi connectivity index (χ0n) is 9.78. The molecule has 1 saturated carbocycles. The highest BCUT2D eigenvalue weighted by Gasteiger charge is 2.10. The van der Waals surface area contributed by atoms with Crippen LogP contribution in [0.5, 0.6) is 0 Å². The Morgan fingerprint density at radius 1 is 1.12 bits per heavy atom. The SMILES string of the molecule is Cl.c1coc(CNC2CCCCCCC2)c1. The van der Waals surface area contributed by atoms with Crippen LogP contribution < -0.4 is 5.32 Å². The fourth-order valence-electron chi connectivity index (χ4n) is 2.32. The van der Waals surface area contributed by atoms with Crippen LogP contribution in [0.25, 0.3) is 0 Å². The minimum atomic E-state index is 0. The zero-order chi connectivity index (χ0) is 10.3. The van der Waals surface area contributed by atoms with Gasteiger partial charge in [-0.3, -0.25) is 0 Å². The molecule has 0 amide bonds. The van der Waals surface area contributed by atoms with Crippen molar-refractivity contribution in [3.8, 4) is 0 Å².